The van der Waals surface area contributed by atoms with Gasteiger partial charge in [0, 0.05) is 33.1 Å². The largest absolute Gasteiger partial charge is 0.462 e. The summed E-state index contributed by atoms with van der Waals surface area (Å²) in [6.07, 6.45) is -3.53. The third kappa shape index (κ3) is 4.86. The molecule has 0 bridgehead atoms. The molecule has 2 aliphatic carbocycles. The lowest BCUT2D eigenvalue weighted by Crippen LogP contribution is -2.73. The Hall–Kier alpha value is -2.80. The van der Waals surface area contributed by atoms with E-state index in [1.807, 2.05) is 0 Å². The zero-order valence-corrected chi connectivity index (χ0v) is 22.2. The van der Waals surface area contributed by atoms with Crippen LogP contribution in [0.2, 0.25) is 0 Å². The van der Waals surface area contributed by atoms with Crippen LogP contribution >= 0.6 is 0 Å². The van der Waals surface area contributed by atoms with Crippen molar-refractivity contribution < 1.29 is 58.6 Å². The van der Waals surface area contributed by atoms with Crippen molar-refractivity contribution in [1.82, 2.24) is 0 Å². The Morgan fingerprint density at radius 2 is 1.63 bits per heavy atom. The number of ether oxygens (including phenoxy) is 4. The van der Waals surface area contributed by atoms with Crippen LogP contribution in [0, 0.1) is 17.3 Å². The first-order valence-corrected chi connectivity index (χ1v) is 12.4. The van der Waals surface area contributed by atoms with Gasteiger partial charge in [0.15, 0.2) is 11.7 Å². The van der Waals surface area contributed by atoms with Gasteiger partial charge in [0.1, 0.15) is 18.3 Å². The van der Waals surface area contributed by atoms with E-state index in [0.717, 1.165) is 20.8 Å². The minimum Gasteiger partial charge on any atom is -0.462 e. The summed E-state index contributed by atoms with van der Waals surface area (Å²) in [7, 11) is 0. The van der Waals surface area contributed by atoms with Crippen LogP contribution in [-0.4, -0.2) is 92.6 Å². The molecule has 12 nitrogen and oxygen atoms in total. The number of fused-ring (bicyclic) bond motifs is 2. The maximum Gasteiger partial charge on any atom is 0.312 e. The Kier molecular flexibility index (Phi) is 8.14. The molecule has 38 heavy (non-hydrogen) atoms. The van der Waals surface area contributed by atoms with E-state index in [9.17, 15) is 39.6 Å². The molecule has 1 heterocycles. The number of aliphatic hydroxyl groups excluding tert-OH is 2. The lowest BCUT2D eigenvalue weighted by Gasteiger charge is -2.60. The fourth-order valence-electron chi connectivity index (χ4n) is 6.16. The zero-order valence-electron chi connectivity index (χ0n) is 22.2. The summed E-state index contributed by atoms with van der Waals surface area (Å²) in [6, 6.07) is 0. The average Bonchev–Trinajstić information content (AvgIpc) is 3.01. The highest BCUT2D eigenvalue weighted by Gasteiger charge is 2.72. The third-order valence-electron chi connectivity index (χ3n) is 8.15. The SMILES string of the molecule is CC(=O)OC1/C=C\C(CO)=C/[C@@H]2OC(=O)[C@H](C)[C@@]2(O)C(OC(C)=O)[C@@H]2C1(C)[C@@H](OC(C)=O)C[C@@H](O)[C@@]2(C)O. The smallest absolute Gasteiger partial charge is 0.312 e. The molecule has 1 saturated heterocycles. The van der Waals surface area contributed by atoms with E-state index in [2.05, 4.69) is 0 Å². The standard InChI is InChI=1S/C26H36O12/c1-12-23(32)38-20-9-16(11-27)7-8-18(35-13(2)28)24(5)19(36-14(3)29)10-17(31)25(6,33)21(24)22(26(12,20)34)37-15(4)30/h7-9,12,17-22,27,31,33-34H,10-11H2,1-6H3/b8-7-,16-9+/t12-,17+,18?,19-,20-,21+,22?,24?,25+,26-/m0/s1. The van der Waals surface area contributed by atoms with Crippen LogP contribution in [0.5, 0.6) is 0 Å². The summed E-state index contributed by atoms with van der Waals surface area (Å²) in [6.45, 7) is 6.90. The molecule has 3 rings (SSSR count). The molecule has 3 unspecified atom stereocenters. The Morgan fingerprint density at radius 3 is 2.16 bits per heavy atom. The first-order valence-electron chi connectivity index (χ1n) is 12.4. The van der Waals surface area contributed by atoms with Gasteiger partial charge >= 0.3 is 23.9 Å². The predicted octanol–water partition coefficient (Wildman–Crippen LogP) is -0.299. The molecule has 0 aromatic carbocycles. The summed E-state index contributed by atoms with van der Waals surface area (Å²) in [5.41, 5.74) is -5.97. The van der Waals surface area contributed by atoms with Crippen LogP contribution < -0.4 is 0 Å². The summed E-state index contributed by atoms with van der Waals surface area (Å²) >= 11 is 0. The molecule has 0 aromatic rings. The molecule has 0 aromatic heterocycles. The number of hydrogen-bond acceptors (Lipinski definition) is 12. The van der Waals surface area contributed by atoms with E-state index in [1.165, 1.54) is 39.0 Å². The monoisotopic (exact) mass is 540 g/mol. The van der Waals surface area contributed by atoms with Crippen LogP contribution in [0.3, 0.4) is 0 Å². The molecule has 12 heteroatoms. The molecule has 212 valence electrons. The van der Waals surface area contributed by atoms with Gasteiger partial charge in [-0.2, -0.15) is 0 Å². The second-order valence-corrected chi connectivity index (χ2v) is 10.7. The van der Waals surface area contributed by atoms with Gasteiger partial charge in [0.05, 0.1) is 29.6 Å². The number of rotatable bonds is 4. The molecule has 10 atom stereocenters. The normalized spacial score (nSPS) is 44.8. The molecule has 1 saturated carbocycles. The highest BCUT2D eigenvalue weighted by molar-refractivity contribution is 5.78. The molecular weight excluding hydrogens is 504 g/mol. The van der Waals surface area contributed by atoms with Gasteiger partial charge < -0.3 is 39.4 Å². The van der Waals surface area contributed by atoms with E-state index in [0.29, 0.717) is 0 Å². The lowest BCUT2D eigenvalue weighted by atomic mass is 9.51. The first kappa shape index (κ1) is 29.8. The highest BCUT2D eigenvalue weighted by atomic mass is 16.6. The minimum atomic E-state index is -2.33. The molecule has 0 radical (unpaired) electrons. The van der Waals surface area contributed by atoms with Gasteiger partial charge in [0.2, 0.25) is 0 Å². The summed E-state index contributed by atoms with van der Waals surface area (Å²) in [5, 5.41) is 45.1. The molecular formula is C26H36O12. The quantitative estimate of drug-likeness (QED) is 0.270. The summed E-state index contributed by atoms with van der Waals surface area (Å²) < 4.78 is 22.3. The molecule has 3 aliphatic rings. The lowest BCUT2D eigenvalue weighted by molar-refractivity contribution is -0.284. The number of hydrogen-bond donors (Lipinski definition) is 4. The first-order chi connectivity index (χ1) is 17.5. The molecule has 2 fully saturated rings. The highest BCUT2D eigenvalue weighted by Crippen LogP contribution is 2.57. The van der Waals surface area contributed by atoms with Gasteiger partial charge in [0.25, 0.3) is 0 Å². The molecule has 4 N–H and O–H groups in total. The zero-order chi connectivity index (χ0) is 28.8. The van der Waals surface area contributed by atoms with E-state index in [-0.39, 0.29) is 12.0 Å². The number of esters is 4. The van der Waals surface area contributed by atoms with Crippen molar-refractivity contribution >= 4 is 23.9 Å². The second kappa shape index (κ2) is 10.4. The van der Waals surface area contributed by atoms with E-state index in [1.54, 1.807) is 0 Å². The van der Waals surface area contributed by atoms with Crippen molar-refractivity contribution in [3.63, 3.8) is 0 Å². The van der Waals surface area contributed by atoms with Crippen molar-refractivity contribution in [3.8, 4) is 0 Å². The number of aliphatic hydroxyl groups is 4. The predicted molar refractivity (Wildman–Crippen MR) is 128 cm³/mol. The molecule has 0 spiro atoms. The fourth-order valence-corrected chi connectivity index (χ4v) is 6.16. The summed E-state index contributed by atoms with van der Waals surface area (Å²) in [5.74, 6) is -6.02. The third-order valence-corrected chi connectivity index (χ3v) is 8.15. The average molecular weight is 541 g/mol. The van der Waals surface area contributed by atoms with Crippen molar-refractivity contribution in [3.05, 3.63) is 23.8 Å². The van der Waals surface area contributed by atoms with Gasteiger partial charge in [-0.1, -0.05) is 13.0 Å². The van der Waals surface area contributed by atoms with E-state index >= 15 is 0 Å². The number of carbonyl (C=O) groups excluding carboxylic acids is 4. The van der Waals surface area contributed by atoms with E-state index in [4.69, 9.17) is 18.9 Å². The van der Waals surface area contributed by atoms with Gasteiger partial charge in [-0.15, -0.1) is 0 Å². The van der Waals surface area contributed by atoms with Gasteiger partial charge in [-0.05, 0) is 31.6 Å². The Labute approximate surface area is 220 Å². The maximum absolute atomic E-state index is 12.8. The fraction of sp³-hybridized carbons (Fsp3) is 0.692. The summed E-state index contributed by atoms with van der Waals surface area (Å²) in [4.78, 5) is 49.6. The van der Waals surface area contributed by atoms with Gasteiger partial charge in [-0.3, -0.25) is 19.2 Å². The van der Waals surface area contributed by atoms with Crippen molar-refractivity contribution in [2.45, 2.75) is 89.7 Å². The van der Waals surface area contributed by atoms with Crippen LogP contribution in [0.25, 0.3) is 0 Å². The maximum atomic E-state index is 12.8. The Balaban J connectivity index is 2.46. The molecule has 0 amide bonds. The van der Waals surface area contributed by atoms with Crippen LogP contribution in [0.4, 0.5) is 0 Å². The Bertz CT molecular complexity index is 1050. The van der Waals surface area contributed by atoms with Crippen LogP contribution in [-0.2, 0) is 38.1 Å². The van der Waals surface area contributed by atoms with Gasteiger partial charge in [-0.25, -0.2) is 0 Å². The Morgan fingerprint density at radius 1 is 1.05 bits per heavy atom. The van der Waals surface area contributed by atoms with E-state index < -0.39 is 89.5 Å². The van der Waals surface area contributed by atoms with Crippen molar-refractivity contribution in [2.75, 3.05) is 6.61 Å². The minimum absolute atomic E-state index is 0.169. The van der Waals surface area contributed by atoms with Crippen molar-refractivity contribution in [2.24, 2.45) is 17.3 Å². The number of carbonyl (C=O) groups is 4. The van der Waals surface area contributed by atoms with Crippen LogP contribution in [0.1, 0.15) is 48.0 Å². The topological polar surface area (TPSA) is 186 Å². The molecule has 1 aliphatic heterocycles. The van der Waals surface area contributed by atoms with Crippen molar-refractivity contribution in [1.29, 1.82) is 0 Å². The second-order valence-electron chi connectivity index (χ2n) is 10.7. The van der Waals surface area contributed by atoms with Crippen LogP contribution in [0.15, 0.2) is 23.8 Å².